The molecule has 0 fully saturated rings. The molecule has 2 aromatic carbocycles. The average molecular weight is 484 g/mol. The number of ether oxygens (including phenoxy) is 1. The molecule has 1 aliphatic heterocycles. The van der Waals surface area contributed by atoms with Crippen LogP contribution in [0.25, 0.3) is 10.9 Å². The van der Waals surface area contributed by atoms with Crippen LogP contribution in [0.3, 0.4) is 0 Å². The summed E-state index contributed by atoms with van der Waals surface area (Å²) in [5, 5.41) is 20.4. The van der Waals surface area contributed by atoms with E-state index in [1.165, 1.54) is 12.4 Å². The molecule has 1 atom stereocenters. The normalized spacial score (nSPS) is 17.4. The van der Waals surface area contributed by atoms with Gasteiger partial charge in [-0.05, 0) is 36.1 Å². The molecule has 9 nitrogen and oxygen atoms in total. The summed E-state index contributed by atoms with van der Waals surface area (Å²) in [6.45, 7) is 4.39. The van der Waals surface area contributed by atoms with Crippen LogP contribution in [0.15, 0.2) is 36.7 Å². The summed E-state index contributed by atoms with van der Waals surface area (Å²) in [6.07, 6.45) is 1.94. The number of phenols is 1. The lowest BCUT2D eigenvalue weighted by molar-refractivity contribution is -0.129. The van der Waals surface area contributed by atoms with E-state index in [4.69, 9.17) is 16.3 Å². The minimum absolute atomic E-state index is 0.0359. The van der Waals surface area contributed by atoms with E-state index in [0.717, 1.165) is 0 Å². The SMILES string of the molecule is CC(C)C1NC(=O)Cc2ccc(Cl)cc2Nc2ncnc3cc(O)c(cc23)OCCCNC1=O. The molecule has 0 saturated carbocycles. The predicted octanol–water partition coefficient (Wildman–Crippen LogP) is 3.31. The molecule has 4 rings (SSSR count). The van der Waals surface area contributed by atoms with E-state index in [9.17, 15) is 14.7 Å². The molecule has 178 valence electrons. The van der Waals surface area contributed by atoms with Crippen molar-refractivity contribution in [3.63, 3.8) is 0 Å². The zero-order valence-electron chi connectivity index (χ0n) is 18.9. The minimum Gasteiger partial charge on any atom is -0.504 e. The van der Waals surface area contributed by atoms with Crippen molar-refractivity contribution >= 4 is 45.8 Å². The number of aromatic nitrogens is 2. The van der Waals surface area contributed by atoms with Crippen molar-refractivity contribution in [1.82, 2.24) is 20.6 Å². The van der Waals surface area contributed by atoms with Crippen molar-refractivity contribution in [3.05, 3.63) is 47.2 Å². The summed E-state index contributed by atoms with van der Waals surface area (Å²) in [7, 11) is 0. The Bertz CT molecular complexity index is 1230. The van der Waals surface area contributed by atoms with Crippen LogP contribution in [0.4, 0.5) is 11.5 Å². The predicted molar refractivity (Wildman–Crippen MR) is 130 cm³/mol. The smallest absolute Gasteiger partial charge is 0.242 e. The Morgan fingerprint density at radius 2 is 2.00 bits per heavy atom. The van der Waals surface area contributed by atoms with Gasteiger partial charge in [0.05, 0.1) is 18.5 Å². The molecule has 1 unspecified atom stereocenters. The van der Waals surface area contributed by atoms with Gasteiger partial charge in [-0.1, -0.05) is 31.5 Å². The minimum atomic E-state index is -0.673. The highest BCUT2D eigenvalue weighted by Gasteiger charge is 2.24. The van der Waals surface area contributed by atoms with Gasteiger partial charge in [0.1, 0.15) is 18.2 Å². The molecule has 1 aromatic heterocycles. The number of hydrogen-bond donors (Lipinski definition) is 4. The third kappa shape index (κ3) is 5.31. The fourth-order valence-electron chi connectivity index (χ4n) is 3.74. The Morgan fingerprint density at radius 1 is 1.18 bits per heavy atom. The molecular weight excluding hydrogens is 458 g/mol. The summed E-state index contributed by atoms with van der Waals surface area (Å²) >= 11 is 6.24. The standard InChI is InChI=1S/C24H26ClN5O4/c1-13(2)22-24(33)26-6-3-7-34-20-10-16-18(11-19(20)31)27-12-28-23(16)29-17-9-15(25)5-4-14(17)8-21(32)30-22/h4-5,9-13,22,31H,3,6-8H2,1-2H3,(H,26,33)(H,30,32)(H,27,28,29). The molecule has 1 aliphatic rings. The molecule has 2 amide bonds. The first kappa shape index (κ1) is 23.6. The molecule has 0 radical (unpaired) electrons. The Kier molecular flexibility index (Phi) is 7.02. The van der Waals surface area contributed by atoms with Crippen molar-refractivity contribution in [2.75, 3.05) is 18.5 Å². The zero-order valence-corrected chi connectivity index (χ0v) is 19.6. The van der Waals surface area contributed by atoms with Gasteiger partial charge < -0.3 is 25.8 Å². The summed E-state index contributed by atoms with van der Waals surface area (Å²) in [4.78, 5) is 34.2. The Balaban J connectivity index is 1.76. The van der Waals surface area contributed by atoms with Crippen LogP contribution in [-0.4, -0.2) is 46.1 Å². The molecule has 34 heavy (non-hydrogen) atoms. The third-order valence-corrected chi connectivity index (χ3v) is 5.77. The number of fused-ring (bicyclic) bond motifs is 2. The van der Waals surface area contributed by atoms with Gasteiger partial charge in [-0.3, -0.25) is 9.59 Å². The van der Waals surface area contributed by atoms with Gasteiger partial charge in [0.25, 0.3) is 0 Å². The number of aromatic hydroxyl groups is 1. The third-order valence-electron chi connectivity index (χ3n) is 5.54. The van der Waals surface area contributed by atoms with Crippen LogP contribution in [0.2, 0.25) is 5.02 Å². The Morgan fingerprint density at radius 3 is 2.79 bits per heavy atom. The van der Waals surface area contributed by atoms with Crippen molar-refractivity contribution in [1.29, 1.82) is 0 Å². The van der Waals surface area contributed by atoms with Gasteiger partial charge in [0.2, 0.25) is 11.8 Å². The van der Waals surface area contributed by atoms with Gasteiger partial charge in [0, 0.05) is 28.7 Å². The molecule has 0 saturated heterocycles. The number of carbonyl (C=O) groups is 2. The molecule has 3 aromatic rings. The van der Waals surface area contributed by atoms with Gasteiger partial charge in [0.15, 0.2) is 11.5 Å². The largest absolute Gasteiger partial charge is 0.504 e. The maximum absolute atomic E-state index is 12.9. The number of hydrogen-bond acceptors (Lipinski definition) is 7. The number of amides is 2. The van der Waals surface area contributed by atoms with Gasteiger partial charge in [-0.2, -0.15) is 0 Å². The number of phenolic OH excluding ortho intramolecular Hbond substituents is 1. The molecule has 0 spiro atoms. The average Bonchev–Trinajstić information content (AvgIpc) is 2.79. The molecular formula is C24H26ClN5O4. The molecule has 0 aliphatic carbocycles. The van der Waals surface area contributed by atoms with Crippen molar-refractivity contribution < 1.29 is 19.4 Å². The van der Waals surface area contributed by atoms with E-state index >= 15 is 0 Å². The molecule has 10 heteroatoms. The number of anilines is 2. The second-order valence-electron chi connectivity index (χ2n) is 8.44. The lowest BCUT2D eigenvalue weighted by Gasteiger charge is -2.22. The van der Waals surface area contributed by atoms with Crippen LogP contribution in [0.5, 0.6) is 11.5 Å². The quantitative estimate of drug-likeness (QED) is 0.418. The van der Waals surface area contributed by atoms with E-state index in [1.807, 2.05) is 13.8 Å². The highest BCUT2D eigenvalue weighted by atomic mass is 35.5. The monoisotopic (exact) mass is 483 g/mol. The lowest BCUT2D eigenvalue weighted by atomic mass is 10.0. The lowest BCUT2D eigenvalue weighted by Crippen LogP contribution is -2.50. The van der Waals surface area contributed by atoms with Crippen LogP contribution < -0.4 is 20.7 Å². The number of nitrogens with zero attached hydrogens (tertiary/aromatic N) is 2. The molecule has 4 N–H and O–H groups in total. The summed E-state index contributed by atoms with van der Waals surface area (Å²) in [5.74, 6) is 0.0694. The zero-order chi connectivity index (χ0) is 24.2. The van der Waals surface area contributed by atoms with Crippen LogP contribution >= 0.6 is 11.6 Å². The Hall–Kier alpha value is -3.59. The number of rotatable bonds is 1. The first-order valence-corrected chi connectivity index (χ1v) is 11.4. The van der Waals surface area contributed by atoms with Crippen LogP contribution in [0.1, 0.15) is 25.8 Å². The Labute approximate surface area is 201 Å². The van der Waals surface area contributed by atoms with Crippen molar-refractivity contribution in [2.24, 2.45) is 5.92 Å². The second kappa shape index (κ2) is 10.1. The second-order valence-corrected chi connectivity index (χ2v) is 8.88. The maximum Gasteiger partial charge on any atom is 0.242 e. The van der Waals surface area contributed by atoms with Crippen LogP contribution in [-0.2, 0) is 16.0 Å². The summed E-state index contributed by atoms with van der Waals surface area (Å²) in [5.41, 5.74) is 1.79. The van der Waals surface area contributed by atoms with Gasteiger partial charge in [-0.25, -0.2) is 9.97 Å². The fourth-order valence-corrected chi connectivity index (χ4v) is 3.91. The van der Waals surface area contributed by atoms with Crippen molar-refractivity contribution in [2.45, 2.75) is 32.7 Å². The van der Waals surface area contributed by atoms with Gasteiger partial charge in [-0.15, -0.1) is 0 Å². The van der Waals surface area contributed by atoms with E-state index < -0.39 is 6.04 Å². The van der Waals surface area contributed by atoms with Crippen LogP contribution in [0, 0.1) is 5.92 Å². The first-order valence-electron chi connectivity index (χ1n) is 11.0. The highest BCUT2D eigenvalue weighted by Crippen LogP contribution is 2.35. The van der Waals surface area contributed by atoms with Crippen molar-refractivity contribution in [3.8, 4) is 11.5 Å². The maximum atomic E-state index is 12.9. The van der Waals surface area contributed by atoms with Gasteiger partial charge >= 0.3 is 0 Å². The first-order chi connectivity index (χ1) is 16.3. The number of halogens is 1. The highest BCUT2D eigenvalue weighted by molar-refractivity contribution is 6.31. The van der Waals surface area contributed by atoms with E-state index in [-0.39, 0.29) is 42.3 Å². The summed E-state index contributed by atoms with van der Waals surface area (Å²) in [6, 6.07) is 7.66. The summed E-state index contributed by atoms with van der Waals surface area (Å²) < 4.78 is 5.76. The number of nitrogens with one attached hydrogen (secondary N) is 3. The molecule has 2 heterocycles. The van der Waals surface area contributed by atoms with E-state index in [0.29, 0.717) is 46.0 Å². The number of benzene rings is 2. The fraction of sp³-hybridized carbons (Fsp3) is 0.333. The molecule has 2 bridgehead atoms. The topological polar surface area (TPSA) is 125 Å². The van der Waals surface area contributed by atoms with E-state index in [1.54, 1.807) is 24.3 Å². The number of carbonyl (C=O) groups excluding carboxylic acids is 2. The van der Waals surface area contributed by atoms with E-state index in [2.05, 4.69) is 25.9 Å².